The Kier molecular flexibility index (Phi) is 4.28. The smallest absolute Gasteiger partial charge is 0.0591 e. The summed E-state index contributed by atoms with van der Waals surface area (Å²) < 4.78 is 0. The second-order valence-corrected chi connectivity index (χ2v) is 4.01. The van der Waals surface area contributed by atoms with E-state index < -0.39 is 0 Å². The number of nitrogens with two attached hydrogens (primary N) is 1. The van der Waals surface area contributed by atoms with E-state index in [0.717, 1.165) is 22.0 Å². The molecule has 0 heterocycles. The first-order valence-electron chi connectivity index (χ1n) is 5.49. The molecule has 3 N–H and O–H groups in total. The Balaban J connectivity index is 0.000000531. The lowest BCUT2D eigenvalue weighted by Gasteiger charge is -2.09. The molecule has 1 aromatic rings. The zero-order chi connectivity index (χ0) is 11.4. The van der Waals surface area contributed by atoms with Gasteiger partial charge in [-0.2, -0.15) is 0 Å². The lowest BCUT2D eigenvalue weighted by Crippen LogP contribution is -2.04. The number of rotatable bonds is 2. The molecule has 84 valence electrons. The van der Waals surface area contributed by atoms with Crippen molar-refractivity contribution >= 4 is 23.0 Å². The monoisotopic (exact) mass is 226 g/mol. The average Bonchev–Trinajstić information content (AvgIpc) is 3.01. The molecule has 0 unspecified atom stereocenters. The predicted octanol–water partition coefficient (Wildman–Crippen LogP) is 3.83. The number of nitrogen functional groups attached to an aromatic ring is 1. The maximum atomic E-state index is 5.99. The van der Waals surface area contributed by atoms with Gasteiger partial charge in [0.1, 0.15) is 0 Å². The fourth-order valence-electron chi connectivity index (χ4n) is 1.28. The van der Waals surface area contributed by atoms with Gasteiger partial charge in [0.05, 0.1) is 11.4 Å². The zero-order valence-corrected chi connectivity index (χ0v) is 10.4. The topological polar surface area (TPSA) is 38.0 Å². The number of anilines is 2. The van der Waals surface area contributed by atoms with E-state index in [1.165, 1.54) is 12.8 Å². The Bertz CT molecular complexity index is 333. The maximum absolute atomic E-state index is 5.99. The average molecular weight is 227 g/mol. The van der Waals surface area contributed by atoms with Gasteiger partial charge in [-0.25, -0.2) is 0 Å². The van der Waals surface area contributed by atoms with Crippen LogP contribution in [-0.4, -0.2) is 6.04 Å². The van der Waals surface area contributed by atoms with E-state index in [2.05, 4.69) is 5.32 Å². The number of hydrogen-bond acceptors (Lipinski definition) is 2. The van der Waals surface area contributed by atoms with Crippen LogP contribution in [0.5, 0.6) is 0 Å². The molecule has 0 aromatic heterocycles. The summed E-state index contributed by atoms with van der Waals surface area (Å²) in [7, 11) is 0. The fraction of sp³-hybridized carbons (Fsp3) is 0.500. The van der Waals surface area contributed by atoms with Crippen molar-refractivity contribution in [1.29, 1.82) is 0 Å². The first kappa shape index (κ1) is 12.2. The van der Waals surface area contributed by atoms with Crippen molar-refractivity contribution in [3.63, 3.8) is 0 Å². The molecule has 15 heavy (non-hydrogen) atoms. The van der Waals surface area contributed by atoms with E-state index in [-0.39, 0.29) is 0 Å². The number of nitrogens with one attached hydrogen (secondary N) is 1. The van der Waals surface area contributed by atoms with E-state index in [4.69, 9.17) is 17.3 Å². The molecule has 3 heteroatoms. The van der Waals surface area contributed by atoms with Crippen LogP contribution in [0.4, 0.5) is 11.4 Å². The summed E-state index contributed by atoms with van der Waals surface area (Å²) in [5, 5.41) is 4.12. The van der Waals surface area contributed by atoms with Crippen LogP contribution in [0, 0.1) is 6.92 Å². The van der Waals surface area contributed by atoms with Crippen molar-refractivity contribution in [2.45, 2.75) is 39.7 Å². The van der Waals surface area contributed by atoms with Gasteiger partial charge in [0, 0.05) is 11.1 Å². The van der Waals surface area contributed by atoms with Crippen LogP contribution < -0.4 is 11.1 Å². The van der Waals surface area contributed by atoms with Crippen molar-refractivity contribution in [3.05, 3.63) is 22.7 Å². The van der Waals surface area contributed by atoms with Gasteiger partial charge in [0.15, 0.2) is 0 Å². The van der Waals surface area contributed by atoms with Crippen molar-refractivity contribution in [2.24, 2.45) is 0 Å². The highest BCUT2D eigenvalue weighted by atomic mass is 35.5. The quantitative estimate of drug-likeness (QED) is 0.753. The van der Waals surface area contributed by atoms with E-state index in [1.807, 2.05) is 32.9 Å². The van der Waals surface area contributed by atoms with Gasteiger partial charge in [0.2, 0.25) is 0 Å². The lowest BCUT2D eigenvalue weighted by molar-refractivity contribution is 1.16. The Morgan fingerprint density at radius 2 is 1.93 bits per heavy atom. The summed E-state index contributed by atoms with van der Waals surface area (Å²) >= 11 is 5.99. The van der Waals surface area contributed by atoms with Gasteiger partial charge in [-0.1, -0.05) is 25.4 Å². The molecule has 1 aliphatic carbocycles. The molecule has 0 amide bonds. The summed E-state index contributed by atoms with van der Waals surface area (Å²) in [4.78, 5) is 0. The molecule has 2 rings (SSSR count). The molecule has 0 bridgehead atoms. The first-order chi connectivity index (χ1) is 7.16. The third-order valence-corrected chi connectivity index (χ3v) is 2.67. The number of benzene rings is 1. The first-order valence-corrected chi connectivity index (χ1v) is 5.87. The van der Waals surface area contributed by atoms with Crippen molar-refractivity contribution in [2.75, 3.05) is 11.1 Å². The van der Waals surface area contributed by atoms with Gasteiger partial charge < -0.3 is 11.1 Å². The molecular weight excluding hydrogens is 208 g/mol. The second-order valence-electron chi connectivity index (χ2n) is 3.61. The zero-order valence-electron chi connectivity index (χ0n) is 9.60. The third-order valence-electron chi connectivity index (χ3n) is 2.27. The Labute approximate surface area is 96.8 Å². The molecular formula is C12H19ClN2. The maximum Gasteiger partial charge on any atom is 0.0591 e. The molecule has 1 aromatic carbocycles. The van der Waals surface area contributed by atoms with Crippen molar-refractivity contribution in [3.8, 4) is 0 Å². The largest absolute Gasteiger partial charge is 0.397 e. The van der Waals surface area contributed by atoms with E-state index in [0.29, 0.717) is 6.04 Å². The Morgan fingerprint density at radius 1 is 1.33 bits per heavy atom. The van der Waals surface area contributed by atoms with Gasteiger partial charge in [-0.05, 0) is 37.5 Å². The molecule has 1 saturated carbocycles. The lowest BCUT2D eigenvalue weighted by atomic mass is 10.2. The standard InChI is InChI=1S/C10H13ClN2.C2H6/c1-6-4-9(12)10(5-8(6)11)13-7-2-3-7;1-2/h4-5,7,13H,2-3,12H2,1H3;1-2H3. The van der Waals surface area contributed by atoms with Gasteiger partial charge in [-0.15, -0.1) is 0 Å². The minimum atomic E-state index is 0.612. The summed E-state index contributed by atoms with van der Waals surface area (Å²) in [5.41, 5.74) is 8.63. The SMILES string of the molecule is CC.Cc1cc(N)c(NC2CC2)cc1Cl. The number of halogens is 1. The molecule has 1 fully saturated rings. The summed E-state index contributed by atoms with van der Waals surface area (Å²) in [5.74, 6) is 0. The number of aryl methyl sites for hydroxylation is 1. The summed E-state index contributed by atoms with van der Waals surface area (Å²) in [6, 6.07) is 4.43. The number of hydrogen-bond donors (Lipinski definition) is 2. The normalized spacial score (nSPS) is 14.1. The van der Waals surface area contributed by atoms with Crippen LogP contribution in [0.1, 0.15) is 32.3 Å². The molecule has 1 aliphatic rings. The molecule has 2 nitrogen and oxygen atoms in total. The van der Waals surface area contributed by atoms with Crippen LogP contribution >= 0.6 is 11.6 Å². The van der Waals surface area contributed by atoms with Gasteiger partial charge >= 0.3 is 0 Å². The van der Waals surface area contributed by atoms with E-state index >= 15 is 0 Å². The van der Waals surface area contributed by atoms with Crippen LogP contribution in [0.15, 0.2) is 12.1 Å². The predicted molar refractivity (Wildman–Crippen MR) is 68.6 cm³/mol. The highest BCUT2D eigenvalue weighted by Crippen LogP contribution is 2.31. The van der Waals surface area contributed by atoms with Crippen LogP contribution in [0.3, 0.4) is 0 Å². The second kappa shape index (κ2) is 5.26. The van der Waals surface area contributed by atoms with E-state index in [1.54, 1.807) is 0 Å². The molecule has 0 radical (unpaired) electrons. The van der Waals surface area contributed by atoms with Gasteiger partial charge in [0.25, 0.3) is 0 Å². The van der Waals surface area contributed by atoms with Crippen LogP contribution in [0.2, 0.25) is 5.02 Å². The Hall–Kier alpha value is -0.890. The van der Waals surface area contributed by atoms with Crippen molar-refractivity contribution < 1.29 is 0 Å². The minimum Gasteiger partial charge on any atom is -0.397 e. The molecule has 0 atom stereocenters. The van der Waals surface area contributed by atoms with Gasteiger partial charge in [-0.3, -0.25) is 0 Å². The Morgan fingerprint density at radius 3 is 2.47 bits per heavy atom. The molecule has 0 saturated heterocycles. The highest BCUT2D eigenvalue weighted by molar-refractivity contribution is 6.31. The van der Waals surface area contributed by atoms with Crippen LogP contribution in [0.25, 0.3) is 0 Å². The van der Waals surface area contributed by atoms with E-state index in [9.17, 15) is 0 Å². The highest BCUT2D eigenvalue weighted by Gasteiger charge is 2.21. The van der Waals surface area contributed by atoms with Crippen molar-refractivity contribution in [1.82, 2.24) is 0 Å². The third kappa shape index (κ3) is 3.31. The molecule has 0 spiro atoms. The minimum absolute atomic E-state index is 0.612. The summed E-state index contributed by atoms with van der Waals surface area (Å²) in [6.07, 6.45) is 2.48. The fourth-order valence-corrected chi connectivity index (χ4v) is 1.44. The van der Waals surface area contributed by atoms with Crippen LogP contribution in [-0.2, 0) is 0 Å². The molecule has 0 aliphatic heterocycles. The summed E-state index contributed by atoms with van der Waals surface area (Å²) in [6.45, 7) is 5.96.